The summed E-state index contributed by atoms with van der Waals surface area (Å²) >= 11 is 0. The van der Waals surface area contributed by atoms with E-state index in [2.05, 4.69) is 17.0 Å². The standard InChI is InChI=1S/C41H51F4N9O4/c1-38(55)21-53(16-18-56-22-38)36-30-33-34(51(3)35(30)47-37(48-36)58-23-39-11-7-9-27(39)50(2)15-8-12-39)32(49-52(33)4)29-24-20-46-54(28-10-5-6-17-57-28)26(24)19-25(41(43,44)45)31(29)40(42)13-14-40/h19-20,27-28,55H,5-18,21-23H2,1-4H3/t27-,28?,38+,39-/m1/s1. The van der Waals surface area contributed by atoms with E-state index in [0.717, 1.165) is 57.6 Å². The van der Waals surface area contributed by atoms with Crippen molar-refractivity contribution in [3.63, 3.8) is 0 Å². The molecule has 2 aliphatic carbocycles. The molecule has 58 heavy (non-hydrogen) atoms. The zero-order valence-electron chi connectivity index (χ0n) is 33.5. The second-order valence-electron chi connectivity index (χ2n) is 17.9. The summed E-state index contributed by atoms with van der Waals surface area (Å²) in [5.74, 6) is 0.494. The molecule has 1 N–H and O–H groups in total. The Kier molecular flexibility index (Phi) is 8.87. The fraction of sp³-hybridized carbons (Fsp3) is 0.659. The molecule has 2 saturated carbocycles. The molecule has 4 atom stereocenters. The molecule has 7 heterocycles. The van der Waals surface area contributed by atoms with Crippen molar-refractivity contribution in [2.45, 2.75) is 101 Å². The van der Waals surface area contributed by atoms with Crippen molar-refractivity contribution in [2.24, 2.45) is 19.5 Å². The monoisotopic (exact) mass is 809 g/mol. The smallest absolute Gasteiger partial charge is 0.416 e. The Hall–Kier alpha value is -4.06. The molecule has 0 bridgehead atoms. The predicted octanol–water partition coefficient (Wildman–Crippen LogP) is 6.78. The maximum atomic E-state index is 16.7. The quantitative estimate of drug-likeness (QED) is 0.176. The number of benzene rings is 1. The van der Waals surface area contributed by atoms with Gasteiger partial charge in [0, 0.05) is 55.2 Å². The minimum Gasteiger partial charge on any atom is -0.463 e. The fourth-order valence-electron chi connectivity index (χ4n) is 10.7. The maximum Gasteiger partial charge on any atom is 0.416 e. The van der Waals surface area contributed by atoms with Gasteiger partial charge in [-0.05, 0) is 84.4 Å². The molecule has 1 unspecified atom stereocenters. The molecule has 0 amide bonds. The van der Waals surface area contributed by atoms with Crippen LogP contribution in [0.3, 0.4) is 0 Å². The lowest BCUT2D eigenvalue weighted by molar-refractivity contribution is -0.138. The largest absolute Gasteiger partial charge is 0.463 e. The number of hydrogen-bond acceptors (Lipinski definition) is 10. The molecular formula is C41H51F4N9O4. The Morgan fingerprint density at radius 3 is 2.55 bits per heavy atom. The normalized spacial score (nSPS) is 28.1. The first-order valence-electron chi connectivity index (χ1n) is 20.7. The number of rotatable bonds is 7. The van der Waals surface area contributed by atoms with Crippen LogP contribution in [0.1, 0.15) is 88.5 Å². The SMILES string of the molecule is CN1CCC[C@@]2(COc3nc(N4CCOC[C@@](C)(O)C4)c4c5c(c(-c6c(C7(F)CC7)c(C(F)(F)F)cc7c6cnn7C6CCCCO6)nn5C)n(C)c4n3)CCC[C@@H]12. The number of β-amino-alcohol motifs (C(OH)–C–C–N with tert-alkyl or cyclic N) is 1. The average Bonchev–Trinajstić information content (AvgIpc) is 3.46. The Morgan fingerprint density at radius 1 is 0.983 bits per heavy atom. The van der Waals surface area contributed by atoms with Crippen LogP contribution < -0.4 is 9.64 Å². The van der Waals surface area contributed by atoms with E-state index in [-0.39, 0.29) is 54.2 Å². The summed E-state index contributed by atoms with van der Waals surface area (Å²) in [6.45, 7) is 4.76. The Labute approximate surface area is 333 Å². The summed E-state index contributed by atoms with van der Waals surface area (Å²) in [5, 5.41) is 21.8. The van der Waals surface area contributed by atoms with Gasteiger partial charge in [0.15, 0.2) is 11.9 Å². The third kappa shape index (κ3) is 6.08. The van der Waals surface area contributed by atoms with E-state index < -0.39 is 34.8 Å². The molecule has 13 nitrogen and oxygen atoms in total. The van der Waals surface area contributed by atoms with Gasteiger partial charge in [-0.3, -0.25) is 4.68 Å². The van der Waals surface area contributed by atoms with Crippen LogP contribution in [0.15, 0.2) is 12.3 Å². The highest BCUT2D eigenvalue weighted by Crippen LogP contribution is 2.58. The number of piperidine rings is 1. The molecular weight excluding hydrogens is 759 g/mol. The van der Waals surface area contributed by atoms with Crippen molar-refractivity contribution in [1.82, 2.24) is 39.0 Å². The minimum atomic E-state index is -4.86. The number of aliphatic hydroxyl groups is 1. The molecule has 4 aromatic heterocycles. The number of hydrogen-bond donors (Lipinski definition) is 1. The Bertz CT molecular complexity index is 2410. The molecule has 17 heteroatoms. The van der Waals surface area contributed by atoms with E-state index in [1.165, 1.54) is 10.9 Å². The van der Waals surface area contributed by atoms with Crippen molar-refractivity contribution in [2.75, 3.05) is 58.0 Å². The number of aryl methyl sites for hydroxylation is 2. The summed E-state index contributed by atoms with van der Waals surface area (Å²) in [6, 6.07) is 1.63. The van der Waals surface area contributed by atoms with Crippen molar-refractivity contribution in [3.05, 3.63) is 23.4 Å². The lowest BCUT2D eigenvalue weighted by Gasteiger charge is -2.44. The van der Waals surface area contributed by atoms with Gasteiger partial charge in [0.2, 0.25) is 0 Å². The second-order valence-corrected chi connectivity index (χ2v) is 17.9. The van der Waals surface area contributed by atoms with Crippen molar-refractivity contribution >= 4 is 38.8 Å². The molecule has 5 aliphatic rings. The zero-order valence-corrected chi connectivity index (χ0v) is 33.5. The van der Waals surface area contributed by atoms with Gasteiger partial charge in [-0.15, -0.1) is 0 Å². The van der Waals surface area contributed by atoms with Gasteiger partial charge < -0.3 is 33.7 Å². The highest BCUT2D eigenvalue weighted by molar-refractivity contribution is 6.16. The molecule has 3 aliphatic heterocycles. The van der Waals surface area contributed by atoms with Crippen molar-refractivity contribution in [3.8, 4) is 17.3 Å². The van der Waals surface area contributed by atoms with E-state index in [4.69, 9.17) is 29.3 Å². The van der Waals surface area contributed by atoms with Crippen LogP contribution in [0.5, 0.6) is 6.01 Å². The number of anilines is 1. The lowest BCUT2D eigenvalue weighted by Crippen LogP contribution is -2.50. The number of alkyl halides is 4. The molecule has 10 rings (SSSR count). The van der Waals surface area contributed by atoms with E-state index >= 15 is 17.6 Å². The van der Waals surface area contributed by atoms with Crippen LogP contribution >= 0.6 is 0 Å². The molecule has 1 aromatic carbocycles. The maximum absolute atomic E-state index is 16.7. The van der Waals surface area contributed by atoms with E-state index in [9.17, 15) is 5.11 Å². The molecule has 5 aromatic rings. The fourth-order valence-corrected chi connectivity index (χ4v) is 10.7. The van der Waals surface area contributed by atoms with Crippen LogP contribution in [0.2, 0.25) is 0 Å². The third-order valence-electron chi connectivity index (χ3n) is 13.6. The predicted molar refractivity (Wildman–Crippen MR) is 208 cm³/mol. The molecule has 0 spiro atoms. The zero-order chi connectivity index (χ0) is 40.4. The summed E-state index contributed by atoms with van der Waals surface area (Å²) in [7, 11) is 5.71. The van der Waals surface area contributed by atoms with E-state index in [1.807, 2.05) is 9.47 Å². The summed E-state index contributed by atoms with van der Waals surface area (Å²) < 4.78 is 85.9. The molecule has 5 fully saturated rings. The summed E-state index contributed by atoms with van der Waals surface area (Å²) in [6.07, 6.45) is 3.77. The number of halogens is 4. The van der Waals surface area contributed by atoms with Gasteiger partial charge in [-0.25, -0.2) is 9.07 Å². The first-order valence-corrected chi connectivity index (χ1v) is 20.7. The van der Waals surface area contributed by atoms with Crippen molar-refractivity contribution < 1.29 is 36.9 Å². The van der Waals surface area contributed by atoms with Crippen LogP contribution in [-0.4, -0.2) is 109 Å². The van der Waals surface area contributed by atoms with Crippen LogP contribution in [0.25, 0.3) is 44.2 Å². The first-order chi connectivity index (χ1) is 27.7. The van der Waals surface area contributed by atoms with Gasteiger partial charge in [-0.2, -0.15) is 33.3 Å². The number of ether oxygens (including phenoxy) is 3. The topological polar surface area (TPSA) is 121 Å². The van der Waals surface area contributed by atoms with Gasteiger partial charge in [0.25, 0.3) is 0 Å². The highest BCUT2D eigenvalue weighted by atomic mass is 19.4. The lowest BCUT2D eigenvalue weighted by atomic mass is 9.76. The van der Waals surface area contributed by atoms with Gasteiger partial charge in [-0.1, -0.05) is 6.42 Å². The molecule has 312 valence electrons. The minimum absolute atomic E-state index is 0.0227. The van der Waals surface area contributed by atoms with E-state index in [0.29, 0.717) is 72.1 Å². The highest BCUT2D eigenvalue weighted by Gasteiger charge is 2.53. The number of likely N-dealkylation sites (tertiary alicyclic amines) is 1. The number of fused-ring (bicyclic) bond motifs is 5. The summed E-state index contributed by atoms with van der Waals surface area (Å²) in [4.78, 5) is 14.5. The van der Waals surface area contributed by atoms with E-state index in [1.54, 1.807) is 25.7 Å². The summed E-state index contributed by atoms with van der Waals surface area (Å²) in [5.41, 5.74) is -2.90. The van der Waals surface area contributed by atoms with Crippen LogP contribution in [-0.2, 0) is 35.4 Å². The first kappa shape index (κ1) is 38.2. The molecule has 0 radical (unpaired) electrons. The van der Waals surface area contributed by atoms with Crippen LogP contribution in [0.4, 0.5) is 23.4 Å². The van der Waals surface area contributed by atoms with Crippen LogP contribution in [0, 0.1) is 5.41 Å². The molecule has 3 saturated heterocycles. The van der Waals surface area contributed by atoms with Gasteiger partial charge in [0.05, 0.1) is 60.1 Å². The third-order valence-corrected chi connectivity index (χ3v) is 13.6. The second kappa shape index (κ2) is 13.5. The Balaban J connectivity index is 1.21. The average molecular weight is 810 g/mol. The number of nitrogens with zero attached hydrogens (tertiary/aromatic N) is 9. The van der Waals surface area contributed by atoms with Gasteiger partial charge in [0.1, 0.15) is 22.8 Å². The number of aromatic nitrogens is 7. The van der Waals surface area contributed by atoms with Gasteiger partial charge >= 0.3 is 12.2 Å². The Morgan fingerprint density at radius 2 is 1.79 bits per heavy atom. The van der Waals surface area contributed by atoms with Crippen molar-refractivity contribution in [1.29, 1.82) is 0 Å².